The minimum absolute atomic E-state index is 0.0632. The monoisotopic (exact) mass is 271 g/mol. The van der Waals surface area contributed by atoms with Gasteiger partial charge in [0.15, 0.2) is 0 Å². The van der Waals surface area contributed by atoms with Crippen LogP contribution in [0.25, 0.3) is 0 Å². The quantitative estimate of drug-likeness (QED) is 0.863. The zero-order chi connectivity index (χ0) is 10.8. The standard InChI is InChI=1S/C11H14BrNO2/c1-13-10-5-8(6-14)15-11-3-2-7(12)4-9(10)11/h2-4,8,10,13-14H,5-6H2,1H3. The molecule has 1 aliphatic rings. The molecule has 0 fully saturated rings. The second kappa shape index (κ2) is 4.51. The third kappa shape index (κ3) is 2.17. The molecule has 2 rings (SSSR count). The Morgan fingerprint density at radius 3 is 3.07 bits per heavy atom. The zero-order valence-corrected chi connectivity index (χ0v) is 10.1. The van der Waals surface area contributed by atoms with E-state index in [4.69, 9.17) is 9.84 Å². The highest BCUT2D eigenvalue weighted by molar-refractivity contribution is 9.10. The van der Waals surface area contributed by atoms with Gasteiger partial charge in [-0.2, -0.15) is 0 Å². The summed E-state index contributed by atoms with van der Waals surface area (Å²) in [5.74, 6) is 0.864. The summed E-state index contributed by atoms with van der Waals surface area (Å²) < 4.78 is 6.71. The first-order valence-electron chi connectivity index (χ1n) is 4.99. The van der Waals surface area contributed by atoms with Gasteiger partial charge in [-0.1, -0.05) is 15.9 Å². The molecule has 82 valence electrons. The van der Waals surface area contributed by atoms with E-state index >= 15 is 0 Å². The van der Waals surface area contributed by atoms with Crippen LogP contribution in [0.1, 0.15) is 18.0 Å². The number of benzene rings is 1. The molecule has 2 atom stereocenters. The molecule has 0 spiro atoms. The van der Waals surface area contributed by atoms with Crippen LogP contribution in [0.15, 0.2) is 22.7 Å². The van der Waals surface area contributed by atoms with Crippen LogP contribution < -0.4 is 10.1 Å². The third-order valence-electron chi connectivity index (χ3n) is 2.69. The summed E-state index contributed by atoms with van der Waals surface area (Å²) in [7, 11) is 1.93. The molecule has 4 heteroatoms. The number of rotatable bonds is 2. The minimum Gasteiger partial charge on any atom is -0.488 e. The van der Waals surface area contributed by atoms with Crippen molar-refractivity contribution >= 4 is 15.9 Å². The molecular formula is C11H14BrNO2. The summed E-state index contributed by atoms with van der Waals surface area (Å²) in [6, 6.07) is 6.20. The van der Waals surface area contributed by atoms with Crippen LogP contribution in [0, 0.1) is 0 Å². The second-order valence-corrected chi connectivity index (χ2v) is 4.60. The topological polar surface area (TPSA) is 41.5 Å². The molecular weight excluding hydrogens is 258 g/mol. The Bertz CT molecular complexity index is 356. The number of aliphatic hydroxyl groups excluding tert-OH is 1. The molecule has 1 aromatic rings. The van der Waals surface area contributed by atoms with Crippen LogP contribution in [0.2, 0.25) is 0 Å². The van der Waals surface area contributed by atoms with E-state index in [9.17, 15) is 0 Å². The van der Waals surface area contributed by atoms with Crippen LogP contribution in [0.3, 0.4) is 0 Å². The molecule has 0 bridgehead atoms. The number of nitrogens with one attached hydrogen (secondary N) is 1. The van der Waals surface area contributed by atoms with Gasteiger partial charge < -0.3 is 15.2 Å². The fraction of sp³-hybridized carbons (Fsp3) is 0.455. The number of hydrogen-bond donors (Lipinski definition) is 2. The predicted molar refractivity (Wildman–Crippen MR) is 62.1 cm³/mol. The van der Waals surface area contributed by atoms with Gasteiger partial charge in [-0.15, -0.1) is 0 Å². The SMILES string of the molecule is CNC1CC(CO)Oc2ccc(Br)cc21. The molecule has 2 unspecified atom stereocenters. The maximum atomic E-state index is 9.12. The summed E-state index contributed by atoms with van der Waals surface area (Å²) in [4.78, 5) is 0. The maximum absolute atomic E-state index is 9.12. The molecule has 0 amide bonds. The van der Waals surface area contributed by atoms with Crippen molar-refractivity contribution in [1.29, 1.82) is 0 Å². The smallest absolute Gasteiger partial charge is 0.124 e. The lowest BCUT2D eigenvalue weighted by Gasteiger charge is -2.31. The number of aliphatic hydroxyl groups is 1. The number of halogens is 1. The van der Waals surface area contributed by atoms with Crippen molar-refractivity contribution < 1.29 is 9.84 Å². The first-order chi connectivity index (χ1) is 7.24. The van der Waals surface area contributed by atoms with Crippen molar-refractivity contribution in [3.8, 4) is 5.75 Å². The maximum Gasteiger partial charge on any atom is 0.124 e. The summed E-state index contributed by atoms with van der Waals surface area (Å²) in [5, 5.41) is 12.4. The Balaban J connectivity index is 2.35. The largest absolute Gasteiger partial charge is 0.488 e. The molecule has 0 radical (unpaired) electrons. The Morgan fingerprint density at radius 2 is 2.40 bits per heavy atom. The van der Waals surface area contributed by atoms with E-state index in [1.807, 2.05) is 19.2 Å². The second-order valence-electron chi connectivity index (χ2n) is 3.68. The minimum atomic E-state index is -0.101. The fourth-order valence-corrected chi connectivity index (χ4v) is 2.28. The van der Waals surface area contributed by atoms with Crippen molar-refractivity contribution in [2.24, 2.45) is 0 Å². The highest BCUT2D eigenvalue weighted by atomic mass is 79.9. The molecule has 3 nitrogen and oxygen atoms in total. The van der Waals surface area contributed by atoms with Gasteiger partial charge >= 0.3 is 0 Å². The highest BCUT2D eigenvalue weighted by Crippen LogP contribution is 2.36. The first kappa shape index (κ1) is 10.9. The number of ether oxygens (including phenoxy) is 1. The Morgan fingerprint density at radius 1 is 1.60 bits per heavy atom. The third-order valence-corrected chi connectivity index (χ3v) is 3.18. The lowest BCUT2D eigenvalue weighted by atomic mass is 9.97. The number of fused-ring (bicyclic) bond motifs is 1. The van der Waals surface area contributed by atoms with E-state index in [1.54, 1.807) is 0 Å². The Labute approximate surface area is 97.6 Å². The van der Waals surface area contributed by atoms with E-state index in [1.165, 1.54) is 0 Å². The normalized spacial score (nSPS) is 24.5. The zero-order valence-electron chi connectivity index (χ0n) is 8.53. The molecule has 1 aliphatic heterocycles. The van der Waals surface area contributed by atoms with Crippen LogP contribution in [-0.2, 0) is 0 Å². The highest BCUT2D eigenvalue weighted by Gasteiger charge is 2.26. The van der Waals surface area contributed by atoms with E-state index in [0.717, 1.165) is 22.2 Å². The van der Waals surface area contributed by atoms with Gasteiger partial charge in [0.1, 0.15) is 11.9 Å². The van der Waals surface area contributed by atoms with Gasteiger partial charge in [-0.3, -0.25) is 0 Å². The Kier molecular flexibility index (Phi) is 3.29. The fourth-order valence-electron chi connectivity index (χ4n) is 1.90. The average Bonchev–Trinajstić information content (AvgIpc) is 2.27. The van der Waals surface area contributed by atoms with E-state index in [2.05, 4.69) is 27.3 Å². The summed E-state index contributed by atoms with van der Waals surface area (Å²) in [5.41, 5.74) is 1.15. The molecule has 1 heterocycles. The Hall–Kier alpha value is -0.580. The molecule has 0 saturated carbocycles. The lowest BCUT2D eigenvalue weighted by Crippen LogP contribution is -2.33. The molecule has 0 saturated heterocycles. The lowest BCUT2D eigenvalue weighted by molar-refractivity contribution is 0.0846. The van der Waals surface area contributed by atoms with Gasteiger partial charge in [0.25, 0.3) is 0 Å². The van der Waals surface area contributed by atoms with Crippen molar-refractivity contribution in [3.05, 3.63) is 28.2 Å². The van der Waals surface area contributed by atoms with Crippen LogP contribution in [0.5, 0.6) is 5.75 Å². The van der Waals surface area contributed by atoms with Crippen molar-refractivity contribution in [2.45, 2.75) is 18.6 Å². The molecule has 2 N–H and O–H groups in total. The molecule has 0 aromatic heterocycles. The molecule has 15 heavy (non-hydrogen) atoms. The van der Waals surface area contributed by atoms with Gasteiger partial charge in [-0.25, -0.2) is 0 Å². The van der Waals surface area contributed by atoms with Gasteiger partial charge in [-0.05, 0) is 25.2 Å². The van der Waals surface area contributed by atoms with E-state index < -0.39 is 0 Å². The summed E-state index contributed by atoms with van der Waals surface area (Å²) in [6.07, 6.45) is 0.701. The van der Waals surface area contributed by atoms with Gasteiger partial charge in [0.2, 0.25) is 0 Å². The van der Waals surface area contributed by atoms with Crippen LogP contribution in [0.4, 0.5) is 0 Å². The molecule has 1 aromatic carbocycles. The van der Waals surface area contributed by atoms with Crippen molar-refractivity contribution in [1.82, 2.24) is 5.32 Å². The van der Waals surface area contributed by atoms with Gasteiger partial charge in [0, 0.05) is 22.5 Å². The van der Waals surface area contributed by atoms with E-state index in [0.29, 0.717) is 0 Å². The van der Waals surface area contributed by atoms with Crippen molar-refractivity contribution in [2.75, 3.05) is 13.7 Å². The van der Waals surface area contributed by atoms with Gasteiger partial charge in [0.05, 0.1) is 6.61 Å². The summed E-state index contributed by atoms with van der Waals surface area (Å²) in [6.45, 7) is 0.0632. The average molecular weight is 272 g/mol. The van der Waals surface area contributed by atoms with Crippen LogP contribution >= 0.6 is 15.9 Å². The predicted octanol–water partition coefficient (Wildman–Crippen LogP) is 1.85. The van der Waals surface area contributed by atoms with E-state index in [-0.39, 0.29) is 18.8 Å². The van der Waals surface area contributed by atoms with Crippen LogP contribution in [-0.4, -0.2) is 24.9 Å². The first-order valence-corrected chi connectivity index (χ1v) is 5.78. The molecule has 0 aliphatic carbocycles. The van der Waals surface area contributed by atoms with Crippen molar-refractivity contribution in [3.63, 3.8) is 0 Å². The summed E-state index contributed by atoms with van der Waals surface area (Å²) >= 11 is 3.45. The number of hydrogen-bond acceptors (Lipinski definition) is 3.